The first-order valence-electron chi connectivity index (χ1n) is 9.42. The van der Waals surface area contributed by atoms with Gasteiger partial charge in [-0.25, -0.2) is 4.98 Å². The normalized spacial score (nSPS) is 19.5. The molecule has 2 aliphatic rings. The van der Waals surface area contributed by atoms with E-state index in [1.54, 1.807) is 11.3 Å². The Hall–Kier alpha value is -1.80. The first-order valence-corrected chi connectivity index (χ1v) is 10.3. The summed E-state index contributed by atoms with van der Waals surface area (Å²) in [7, 11) is 0. The average Bonchev–Trinajstić information content (AvgIpc) is 3.23. The molecule has 0 aromatic carbocycles. The van der Waals surface area contributed by atoms with Gasteiger partial charge in [-0.2, -0.15) is 0 Å². The predicted octanol–water partition coefficient (Wildman–Crippen LogP) is 2.02. The van der Waals surface area contributed by atoms with Gasteiger partial charge in [0.05, 0.1) is 6.54 Å². The molecule has 0 saturated carbocycles. The van der Waals surface area contributed by atoms with E-state index in [0.29, 0.717) is 12.4 Å². The molecular weight excluding hydrogens is 348 g/mol. The molecular formula is C18H26N6OS. The minimum Gasteiger partial charge on any atom is -0.350 e. The fourth-order valence-electron chi connectivity index (χ4n) is 4.15. The van der Waals surface area contributed by atoms with Crippen molar-refractivity contribution in [2.24, 2.45) is 5.41 Å². The molecule has 0 aliphatic carbocycles. The van der Waals surface area contributed by atoms with Gasteiger partial charge in [0.2, 0.25) is 5.82 Å². The maximum absolute atomic E-state index is 12.3. The minimum atomic E-state index is -0.111. The highest BCUT2D eigenvalue weighted by molar-refractivity contribution is 7.09. The molecule has 7 nitrogen and oxygen atoms in total. The summed E-state index contributed by atoms with van der Waals surface area (Å²) < 4.78 is 2.06. The zero-order valence-electron chi connectivity index (χ0n) is 15.5. The number of thiazole rings is 1. The van der Waals surface area contributed by atoms with Gasteiger partial charge < -0.3 is 9.88 Å². The molecule has 1 fully saturated rings. The maximum atomic E-state index is 12.3. The first kappa shape index (κ1) is 17.6. The Labute approximate surface area is 157 Å². The van der Waals surface area contributed by atoms with E-state index in [-0.39, 0.29) is 11.3 Å². The van der Waals surface area contributed by atoms with Crippen LogP contribution < -0.4 is 5.32 Å². The number of nitrogens with zero attached hydrogens (tertiary/aromatic N) is 5. The van der Waals surface area contributed by atoms with Crippen LogP contribution in [0.1, 0.15) is 53.3 Å². The third-order valence-corrected chi connectivity index (χ3v) is 6.63. The van der Waals surface area contributed by atoms with Crippen molar-refractivity contribution < 1.29 is 4.79 Å². The standard InChI is InChI=1S/C18H26N6OS/c1-3-19-17(25)16-22-21-14-4-5-18(12-24(14)16)6-8-23(9-7-18)10-15-20-13(2)11-26-15/h11H,3-10,12H2,1-2H3,(H,19,25). The molecule has 2 aromatic heterocycles. The highest BCUT2D eigenvalue weighted by Crippen LogP contribution is 2.41. The van der Waals surface area contributed by atoms with Gasteiger partial charge in [-0.05, 0) is 51.6 Å². The monoisotopic (exact) mass is 374 g/mol. The molecule has 1 N–H and O–H groups in total. The second-order valence-corrected chi connectivity index (χ2v) is 8.49. The summed E-state index contributed by atoms with van der Waals surface area (Å²) in [5, 5.41) is 14.6. The third-order valence-electron chi connectivity index (χ3n) is 5.68. The van der Waals surface area contributed by atoms with Gasteiger partial charge in [-0.1, -0.05) is 0 Å². The largest absolute Gasteiger partial charge is 0.350 e. The SMILES string of the molecule is CCNC(=O)c1nnc2n1CC1(CC2)CCN(Cc2nc(C)cs2)CC1. The molecule has 0 unspecified atom stereocenters. The van der Waals surface area contributed by atoms with Crippen molar-refractivity contribution in [1.29, 1.82) is 0 Å². The van der Waals surface area contributed by atoms with Crippen LogP contribution in [0.15, 0.2) is 5.38 Å². The van der Waals surface area contributed by atoms with E-state index in [0.717, 1.165) is 63.4 Å². The molecule has 1 spiro atoms. The Morgan fingerprint density at radius 2 is 2.12 bits per heavy atom. The van der Waals surface area contributed by atoms with Crippen LogP contribution in [0.4, 0.5) is 0 Å². The molecule has 140 valence electrons. The number of hydrogen-bond donors (Lipinski definition) is 1. The van der Waals surface area contributed by atoms with Crippen molar-refractivity contribution in [3.8, 4) is 0 Å². The van der Waals surface area contributed by atoms with Crippen LogP contribution in [-0.2, 0) is 19.5 Å². The van der Waals surface area contributed by atoms with E-state index in [9.17, 15) is 4.79 Å². The van der Waals surface area contributed by atoms with Gasteiger partial charge in [0.25, 0.3) is 5.91 Å². The van der Waals surface area contributed by atoms with E-state index in [1.165, 1.54) is 5.01 Å². The molecule has 0 atom stereocenters. The molecule has 1 saturated heterocycles. The molecule has 4 rings (SSSR count). The van der Waals surface area contributed by atoms with Crippen molar-refractivity contribution in [3.05, 3.63) is 27.7 Å². The lowest BCUT2D eigenvalue weighted by Crippen LogP contribution is -2.44. The van der Waals surface area contributed by atoms with Crippen LogP contribution in [0.2, 0.25) is 0 Å². The van der Waals surface area contributed by atoms with Crippen LogP contribution in [0, 0.1) is 12.3 Å². The molecule has 26 heavy (non-hydrogen) atoms. The van der Waals surface area contributed by atoms with Gasteiger partial charge in [0.15, 0.2) is 0 Å². The lowest BCUT2D eigenvalue weighted by molar-refractivity contribution is 0.0618. The smallest absolute Gasteiger partial charge is 0.289 e. The van der Waals surface area contributed by atoms with Gasteiger partial charge in [0, 0.05) is 30.6 Å². The van der Waals surface area contributed by atoms with E-state index < -0.39 is 0 Å². The maximum Gasteiger partial charge on any atom is 0.289 e. The fraction of sp³-hybridized carbons (Fsp3) is 0.667. The number of aryl methyl sites for hydroxylation is 2. The number of nitrogens with one attached hydrogen (secondary N) is 1. The summed E-state index contributed by atoms with van der Waals surface area (Å²) in [6.07, 6.45) is 4.37. The Kier molecular flexibility index (Phi) is 4.79. The molecule has 2 aromatic rings. The number of likely N-dealkylation sites (tertiary alicyclic amines) is 1. The number of carbonyl (C=O) groups is 1. The molecule has 4 heterocycles. The van der Waals surface area contributed by atoms with Crippen LogP contribution in [0.3, 0.4) is 0 Å². The molecule has 1 amide bonds. The second kappa shape index (κ2) is 7.08. The second-order valence-electron chi connectivity index (χ2n) is 7.54. The summed E-state index contributed by atoms with van der Waals surface area (Å²) in [5.74, 6) is 1.32. The number of aromatic nitrogens is 4. The molecule has 0 radical (unpaired) electrons. The first-order chi connectivity index (χ1) is 12.6. The van der Waals surface area contributed by atoms with Crippen molar-refractivity contribution in [2.45, 2.75) is 52.6 Å². The number of hydrogen-bond acceptors (Lipinski definition) is 6. The Bertz CT molecular complexity index is 789. The molecule has 8 heteroatoms. The predicted molar refractivity (Wildman–Crippen MR) is 100 cm³/mol. The summed E-state index contributed by atoms with van der Waals surface area (Å²) in [5.41, 5.74) is 1.38. The topological polar surface area (TPSA) is 75.9 Å². The van der Waals surface area contributed by atoms with Gasteiger partial charge in [-0.15, -0.1) is 21.5 Å². The summed E-state index contributed by atoms with van der Waals surface area (Å²) in [6, 6.07) is 0. The lowest BCUT2D eigenvalue weighted by Gasteiger charge is -2.44. The summed E-state index contributed by atoms with van der Waals surface area (Å²) >= 11 is 1.75. The van der Waals surface area contributed by atoms with E-state index in [2.05, 4.69) is 42.3 Å². The van der Waals surface area contributed by atoms with E-state index >= 15 is 0 Å². The highest BCUT2D eigenvalue weighted by Gasteiger charge is 2.39. The van der Waals surface area contributed by atoms with Crippen molar-refractivity contribution >= 4 is 17.2 Å². The zero-order chi connectivity index (χ0) is 18.1. The highest BCUT2D eigenvalue weighted by atomic mass is 32.1. The van der Waals surface area contributed by atoms with Crippen molar-refractivity contribution in [2.75, 3.05) is 19.6 Å². The minimum absolute atomic E-state index is 0.111. The quantitative estimate of drug-likeness (QED) is 0.886. The van der Waals surface area contributed by atoms with Crippen LogP contribution in [-0.4, -0.2) is 50.2 Å². The van der Waals surface area contributed by atoms with Crippen LogP contribution >= 0.6 is 11.3 Å². The Morgan fingerprint density at radius 3 is 2.81 bits per heavy atom. The third kappa shape index (κ3) is 3.40. The number of carbonyl (C=O) groups excluding carboxylic acids is 1. The van der Waals surface area contributed by atoms with Gasteiger partial charge >= 0.3 is 0 Å². The van der Waals surface area contributed by atoms with Crippen LogP contribution in [0.25, 0.3) is 0 Å². The van der Waals surface area contributed by atoms with E-state index in [4.69, 9.17) is 0 Å². The average molecular weight is 375 g/mol. The summed E-state index contributed by atoms with van der Waals surface area (Å²) in [4.78, 5) is 19.4. The summed E-state index contributed by atoms with van der Waals surface area (Å²) in [6.45, 7) is 8.59. The van der Waals surface area contributed by atoms with Crippen molar-refractivity contribution in [3.63, 3.8) is 0 Å². The number of piperidine rings is 1. The lowest BCUT2D eigenvalue weighted by atomic mass is 9.73. The van der Waals surface area contributed by atoms with Crippen LogP contribution in [0.5, 0.6) is 0 Å². The molecule has 2 aliphatic heterocycles. The van der Waals surface area contributed by atoms with E-state index in [1.807, 2.05) is 6.92 Å². The number of amides is 1. The fourth-order valence-corrected chi connectivity index (χ4v) is 4.96. The molecule has 0 bridgehead atoms. The van der Waals surface area contributed by atoms with Gasteiger partial charge in [0.1, 0.15) is 10.8 Å². The zero-order valence-corrected chi connectivity index (χ0v) is 16.3. The Morgan fingerprint density at radius 1 is 1.31 bits per heavy atom. The number of fused-ring (bicyclic) bond motifs is 1. The van der Waals surface area contributed by atoms with Gasteiger partial charge in [-0.3, -0.25) is 9.69 Å². The Balaban J connectivity index is 1.42. The van der Waals surface area contributed by atoms with Crippen molar-refractivity contribution in [1.82, 2.24) is 30.0 Å². The number of rotatable bonds is 4.